The predicted molar refractivity (Wildman–Crippen MR) is 55.6 cm³/mol. The van der Waals surface area contributed by atoms with Gasteiger partial charge in [0.1, 0.15) is 6.10 Å². The van der Waals surface area contributed by atoms with Gasteiger partial charge in [-0.15, -0.1) is 0 Å². The molecule has 0 saturated carbocycles. The molecule has 18 heavy (non-hydrogen) atoms. The highest BCUT2D eigenvalue weighted by atomic mass is 16.5. The van der Waals surface area contributed by atoms with Crippen molar-refractivity contribution in [1.29, 1.82) is 0 Å². The lowest BCUT2D eigenvalue weighted by Crippen LogP contribution is -2.39. The van der Waals surface area contributed by atoms with Gasteiger partial charge in [0.15, 0.2) is 12.2 Å². The van der Waals surface area contributed by atoms with Gasteiger partial charge in [0.25, 0.3) is 0 Å². The van der Waals surface area contributed by atoms with E-state index in [4.69, 9.17) is 25.5 Å². The Morgan fingerprint density at radius 1 is 1.00 bits per heavy atom. The van der Waals surface area contributed by atoms with Crippen molar-refractivity contribution >= 4 is 17.9 Å². The number of rotatable bonds is 5. The van der Waals surface area contributed by atoms with Crippen molar-refractivity contribution in [3.05, 3.63) is 0 Å². The normalized spacial score (nSPS) is 14.5. The third-order valence-corrected chi connectivity index (χ3v) is 1.43. The number of aliphatic carboxylic acids is 2. The average Bonchev–Trinajstić information content (AvgIpc) is 2.27. The Bertz CT molecular complexity index is 268. The van der Waals surface area contributed by atoms with E-state index in [0.29, 0.717) is 6.61 Å². The summed E-state index contributed by atoms with van der Waals surface area (Å²) >= 11 is 0. The number of carbonyl (C=O) groups is 3. The molecular formula is C9H16O9. The largest absolute Gasteiger partial charge is 0.479 e. The first-order valence-corrected chi connectivity index (χ1v) is 4.81. The second kappa shape index (κ2) is 9.33. The summed E-state index contributed by atoms with van der Waals surface area (Å²) in [5.74, 6) is -4.10. The van der Waals surface area contributed by atoms with E-state index in [1.54, 1.807) is 6.92 Å². The minimum absolute atomic E-state index is 0.323. The fourth-order valence-corrected chi connectivity index (χ4v) is 0.533. The van der Waals surface area contributed by atoms with Gasteiger partial charge in [0.05, 0.1) is 6.61 Å². The third-order valence-electron chi connectivity index (χ3n) is 1.43. The Kier molecular flexibility index (Phi) is 9.67. The molecule has 106 valence electrons. The molecule has 0 aromatic rings. The van der Waals surface area contributed by atoms with Gasteiger partial charge < -0.3 is 30.3 Å². The van der Waals surface area contributed by atoms with Crippen LogP contribution in [0.5, 0.6) is 0 Å². The molecule has 0 aliphatic heterocycles. The van der Waals surface area contributed by atoms with Crippen LogP contribution in [0.3, 0.4) is 0 Å². The number of aliphatic hydroxyl groups excluding tert-OH is 3. The van der Waals surface area contributed by atoms with Crippen LogP contribution in [0.25, 0.3) is 0 Å². The molecule has 0 rings (SSSR count). The number of carbonyl (C=O) groups excluding carboxylic acids is 1. The zero-order valence-corrected chi connectivity index (χ0v) is 9.81. The van der Waals surface area contributed by atoms with Crippen LogP contribution in [-0.4, -0.2) is 68.4 Å². The molecule has 0 bridgehead atoms. The van der Waals surface area contributed by atoms with E-state index in [2.05, 4.69) is 4.74 Å². The van der Waals surface area contributed by atoms with Crippen molar-refractivity contribution in [2.24, 2.45) is 0 Å². The van der Waals surface area contributed by atoms with Crippen molar-refractivity contribution in [1.82, 2.24) is 0 Å². The Balaban J connectivity index is 0. The summed E-state index contributed by atoms with van der Waals surface area (Å²) in [4.78, 5) is 29.8. The first kappa shape index (κ1) is 18.6. The van der Waals surface area contributed by atoms with E-state index >= 15 is 0 Å². The Morgan fingerprint density at radius 2 is 1.33 bits per heavy atom. The van der Waals surface area contributed by atoms with Crippen molar-refractivity contribution in [3.63, 3.8) is 0 Å². The lowest BCUT2D eigenvalue weighted by molar-refractivity contribution is -0.165. The van der Waals surface area contributed by atoms with E-state index in [1.165, 1.54) is 6.92 Å². The molecule has 0 aromatic carbocycles. The standard InChI is InChI=1S/C5H10O3.C4H6O6/c1-3-8-5(7)4(2)6;5-1(3(7)8)2(6)4(9)10/h4,6H,3H2,1-2H3;1-2,5-6H,(H,7,8)(H,9,10). The molecule has 3 atom stereocenters. The molecular weight excluding hydrogens is 252 g/mol. The Labute approximate surface area is 102 Å². The number of esters is 1. The lowest BCUT2D eigenvalue weighted by atomic mass is 10.2. The summed E-state index contributed by atoms with van der Waals surface area (Å²) in [5, 5.41) is 41.0. The van der Waals surface area contributed by atoms with Crippen LogP contribution in [0.15, 0.2) is 0 Å². The van der Waals surface area contributed by atoms with Crippen LogP contribution >= 0.6 is 0 Å². The van der Waals surface area contributed by atoms with Crippen molar-refractivity contribution in [2.45, 2.75) is 32.2 Å². The maximum atomic E-state index is 10.3. The van der Waals surface area contributed by atoms with E-state index in [-0.39, 0.29) is 0 Å². The smallest absolute Gasteiger partial charge is 0.335 e. The molecule has 3 unspecified atom stereocenters. The molecule has 0 fully saturated rings. The minimum atomic E-state index is -2.27. The molecule has 5 N–H and O–H groups in total. The van der Waals surface area contributed by atoms with Crippen molar-refractivity contribution < 1.29 is 44.7 Å². The van der Waals surface area contributed by atoms with Gasteiger partial charge in [-0.05, 0) is 13.8 Å². The van der Waals surface area contributed by atoms with Gasteiger partial charge in [-0.1, -0.05) is 0 Å². The number of ether oxygens (including phenoxy) is 1. The second-order valence-electron chi connectivity index (χ2n) is 2.99. The molecule has 0 spiro atoms. The predicted octanol–water partition coefficient (Wildman–Crippen LogP) is -2.19. The molecule has 9 heteroatoms. The van der Waals surface area contributed by atoms with Crippen LogP contribution < -0.4 is 0 Å². The van der Waals surface area contributed by atoms with Crippen LogP contribution in [0.2, 0.25) is 0 Å². The summed E-state index contributed by atoms with van der Waals surface area (Å²) in [5.41, 5.74) is 0. The molecule has 0 saturated heterocycles. The van der Waals surface area contributed by atoms with E-state index in [9.17, 15) is 14.4 Å². The van der Waals surface area contributed by atoms with E-state index in [0.717, 1.165) is 0 Å². The summed E-state index contributed by atoms with van der Waals surface area (Å²) in [6, 6.07) is 0. The summed E-state index contributed by atoms with van der Waals surface area (Å²) in [6.45, 7) is 3.39. The zero-order chi connectivity index (χ0) is 14.9. The summed E-state index contributed by atoms with van der Waals surface area (Å²) < 4.78 is 4.41. The molecule has 0 radical (unpaired) electrons. The number of aliphatic hydroxyl groups is 3. The van der Waals surface area contributed by atoms with Gasteiger partial charge >= 0.3 is 17.9 Å². The van der Waals surface area contributed by atoms with Gasteiger partial charge in [-0.3, -0.25) is 0 Å². The quantitative estimate of drug-likeness (QED) is 0.348. The van der Waals surface area contributed by atoms with Crippen molar-refractivity contribution in [3.8, 4) is 0 Å². The van der Waals surface area contributed by atoms with Crippen LogP contribution in [0, 0.1) is 0 Å². The minimum Gasteiger partial charge on any atom is -0.479 e. The fourth-order valence-electron chi connectivity index (χ4n) is 0.533. The molecule has 0 amide bonds. The monoisotopic (exact) mass is 268 g/mol. The first-order valence-electron chi connectivity index (χ1n) is 4.81. The maximum Gasteiger partial charge on any atom is 0.335 e. The molecule has 0 heterocycles. The highest BCUT2D eigenvalue weighted by Gasteiger charge is 2.29. The van der Waals surface area contributed by atoms with E-state index in [1.807, 2.05) is 0 Å². The van der Waals surface area contributed by atoms with E-state index < -0.39 is 36.2 Å². The van der Waals surface area contributed by atoms with Gasteiger partial charge in [0.2, 0.25) is 0 Å². The third kappa shape index (κ3) is 8.44. The summed E-state index contributed by atoms with van der Waals surface area (Å²) in [6.07, 6.45) is -5.52. The molecule has 0 aliphatic rings. The van der Waals surface area contributed by atoms with Crippen LogP contribution in [0.1, 0.15) is 13.8 Å². The summed E-state index contributed by atoms with van der Waals surface area (Å²) in [7, 11) is 0. The molecule has 0 aliphatic carbocycles. The number of hydrogen-bond acceptors (Lipinski definition) is 7. The maximum absolute atomic E-state index is 10.3. The molecule has 9 nitrogen and oxygen atoms in total. The number of hydrogen-bond donors (Lipinski definition) is 5. The van der Waals surface area contributed by atoms with Crippen LogP contribution in [-0.2, 0) is 19.1 Å². The van der Waals surface area contributed by atoms with Gasteiger partial charge in [-0.25, -0.2) is 14.4 Å². The highest BCUT2D eigenvalue weighted by Crippen LogP contribution is 1.92. The Hall–Kier alpha value is -1.71. The first-order chi connectivity index (χ1) is 8.14. The number of carboxylic acids is 2. The molecule has 0 aromatic heterocycles. The average molecular weight is 268 g/mol. The SMILES string of the molecule is CCOC(=O)C(C)O.O=C(O)C(O)C(O)C(=O)O. The highest BCUT2D eigenvalue weighted by molar-refractivity contribution is 5.83. The second-order valence-corrected chi connectivity index (χ2v) is 2.99. The van der Waals surface area contributed by atoms with Gasteiger partial charge in [0, 0.05) is 0 Å². The topological polar surface area (TPSA) is 162 Å². The Morgan fingerprint density at radius 3 is 1.44 bits per heavy atom. The lowest BCUT2D eigenvalue weighted by Gasteiger charge is -2.07. The zero-order valence-electron chi connectivity index (χ0n) is 9.81. The van der Waals surface area contributed by atoms with Gasteiger partial charge in [-0.2, -0.15) is 0 Å². The van der Waals surface area contributed by atoms with Crippen LogP contribution in [0.4, 0.5) is 0 Å². The van der Waals surface area contributed by atoms with Crippen molar-refractivity contribution in [2.75, 3.05) is 6.61 Å². The fraction of sp³-hybridized carbons (Fsp3) is 0.667. The number of carboxylic acid groups (broad SMARTS) is 2.